The number of nitrogens with two attached hydrogens (primary N) is 1. The van der Waals surface area contributed by atoms with E-state index >= 15 is 0 Å². The van der Waals surface area contributed by atoms with Crippen molar-refractivity contribution in [3.8, 4) is 0 Å². The summed E-state index contributed by atoms with van der Waals surface area (Å²) in [6.07, 6.45) is 0.406. The third kappa shape index (κ3) is 4.08. The fourth-order valence-corrected chi connectivity index (χ4v) is 3.21. The monoisotopic (exact) mass is 338 g/mol. The Labute approximate surface area is 125 Å². The minimum Gasteiger partial charge on any atom is -0.399 e. The number of rotatable bonds is 4. The Bertz CT molecular complexity index is 565. The number of halogens is 1. The van der Waals surface area contributed by atoms with Gasteiger partial charge in [-0.05, 0) is 39.7 Å². The molecule has 0 aliphatic carbocycles. The smallest absolute Gasteiger partial charge is 0.227 e. The predicted octanol–water partition coefficient (Wildman–Crippen LogP) is 3.29. The topological polar surface area (TPSA) is 46.3 Å². The number of carbonyl (C=O) groups is 1. The fraction of sp³-hybridized carbons (Fsp3) is 0.214. The van der Waals surface area contributed by atoms with E-state index in [4.69, 9.17) is 5.73 Å². The number of hydrogen-bond acceptors (Lipinski definition) is 3. The van der Waals surface area contributed by atoms with Gasteiger partial charge in [0, 0.05) is 27.5 Å². The largest absolute Gasteiger partial charge is 0.399 e. The lowest BCUT2D eigenvalue weighted by molar-refractivity contribution is -0.129. The summed E-state index contributed by atoms with van der Waals surface area (Å²) in [5.41, 5.74) is 7.32. The second kappa shape index (κ2) is 6.21. The van der Waals surface area contributed by atoms with Gasteiger partial charge < -0.3 is 10.6 Å². The molecule has 0 saturated carbocycles. The van der Waals surface area contributed by atoms with Crippen molar-refractivity contribution in [1.82, 2.24) is 4.90 Å². The highest BCUT2D eigenvalue weighted by Gasteiger charge is 2.11. The molecule has 1 amide bonds. The molecule has 0 spiro atoms. The van der Waals surface area contributed by atoms with E-state index in [2.05, 4.69) is 15.9 Å². The van der Waals surface area contributed by atoms with Crippen molar-refractivity contribution in [3.63, 3.8) is 0 Å². The van der Waals surface area contributed by atoms with Crippen LogP contribution in [0.25, 0.3) is 0 Å². The fourth-order valence-electron chi connectivity index (χ4n) is 1.70. The van der Waals surface area contributed by atoms with Gasteiger partial charge in [-0.25, -0.2) is 0 Å². The second-order valence-corrected chi connectivity index (χ2v) is 6.31. The van der Waals surface area contributed by atoms with Gasteiger partial charge >= 0.3 is 0 Å². The maximum atomic E-state index is 12.1. The first-order valence-electron chi connectivity index (χ1n) is 5.86. The normalized spacial score (nSPS) is 10.4. The van der Waals surface area contributed by atoms with Gasteiger partial charge in [-0.3, -0.25) is 4.79 Å². The Balaban J connectivity index is 1.94. The highest BCUT2D eigenvalue weighted by atomic mass is 79.9. The summed E-state index contributed by atoms with van der Waals surface area (Å²) >= 11 is 5.06. The van der Waals surface area contributed by atoms with Crippen molar-refractivity contribution in [2.24, 2.45) is 0 Å². The number of amides is 1. The van der Waals surface area contributed by atoms with E-state index in [0.29, 0.717) is 18.7 Å². The van der Waals surface area contributed by atoms with Gasteiger partial charge in [0.2, 0.25) is 5.91 Å². The molecule has 0 unspecified atom stereocenters. The number of likely N-dealkylation sites (N-methyl/N-ethyl adjacent to an activating group) is 1. The van der Waals surface area contributed by atoms with Crippen LogP contribution in [0, 0.1) is 0 Å². The number of carbonyl (C=O) groups excluding carboxylic acids is 1. The van der Waals surface area contributed by atoms with Crippen LogP contribution in [0.5, 0.6) is 0 Å². The average Bonchev–Trinajstić information content (AvgIpc) is 2.77. The lowest BCUT2D eigenvalue weighted by Gasteiger charge is -2.16. The van der Waals surface area contributed by atoms with Crippen LogP contribution in [0.3, 0.4) is 0 Å². The average molecular weight is 339 g/mol. The molecule has 2 N–H and O–H groups in total. The van der Waals surface area contributed by atoms with Gasteiger partial charge in [-0.15, -0.1) is 11.3 Å². The summed E-state index contributed by atoms with van der Waals surface area (Å²) < 4.78 is 1.06. The van der Waals surface area contributed by atoms with E-state index in [1.165, 1.54) is 4.88 Å². The molecule has 2 rings (SSSR count). The zero-order valence-electron chi connectivity index (χ0n) is 10.6. The zero-order chi connectivity index (χ0) is 13.8. The molecule has 1 aromatic carbocycles. The van der Waals surface area contributed by atoms with Crippen LogP contribution < -0.4 is 5.73 Å². The van der Waals surface area contributed by atoms with Crippen molar-refractivity contribution >= 4 is 38.9 Å². The van der Waals surface area contributed by atoms with Crippen molar-refractivity contribution in [1.29, 1.82) is 0 Å². The third-order valence-electron chi connectivity index (χ3n) is 2.78. The van der Waals surface area contributed by atoms with Crippen LogP contribution in [0.1, 0.15) is 10.4 Å². The molecule has 100 valence electrons. The molecule has 0 bridgehead atoms. The van der Waals surface area contributed by atoms with E-state index in [1.807, 2.05) is 42.8 Å². The van der Waals surface area contributed by atoms with Crippen molar-refractivity contribution < 1.29 is 4.79 Å². The first-order valence-corrected chi connectivity index (χ1v) is 7.53. The molecule has 0 aliphatic heterocycles. The van der Waals surface area contributed by atoms with Crippen LogP contribution in [0.2, 0.25) is 0 Å². The Morgan fingerprint density at radius 1 is 1.37 bits per heavy atom. The minimum absolute atomic E-state index is 0.106. The molecule has 0 radical (unpaired) electrons. The van der Waals surface area contributed by atoms with Gasteiger partial charge in [0.25, 0.3) is 0 Å². The van der Waals surface area contributed by atoms with Crippen LogP contribution in [-0.4, -0.2) is 17.9 Å². The van der Waals surface area contributed by atoms with E-state index in [-0.39, 0.29) is 5.91 Å². The lowest BCUT2D eigenvalue weighted by Crippen LogP contribution is -2.27. The molecular weight excluding hydrogens is 324 g/mol. The molecule has 3 nitrogen and oxygen atoms in total. The molecule has 5 heteroatoms. The van der Waals surface area contributed by atoms with Gasteiger partial charge in [0.1, 0.15) is 0 Å². The highest BCUT2D eigenvalue weighted by Crippen LogP contribution is 2.21. The lowest BCUT2D eigenvalue weighted by atomic mass is 10.1. The summed E-state index contributed by atoms with van der Waals surface area (Å²) in [7, 11) is 1.83. The number of thiophene rings is 1. The first-order chi connectivity index (χ1) is 9.04. The van der Waals surface area contributed by atoms with Gasteiger partial charge in [0.15, 0.2) is 0 Å². The van der Waals surface area contributed by atoms with Crippen LogP contribution in [0.15, 0.2) is 40.2 Å². The number of nitrogen functional groups attached to an aromatic ring is 1. The van der Waals surface area contributed by atoms with Crippen LogP contribution in [0.4, 0.5) is 5.69 Å². The molecule has 2 aromatic rings. The molecule has 19 heavy (non-hydrogen) atoms. The molecule has 0 fully saturated rings. The van der Waals surface area contributed by atoms with Crippen molar-refractivity contribution in [2.45, 2.75) is 13.0 Å². The maximum Gasteiger partial charge on any atom is 0.227 e. The van der Waals surface area contributed by atoms with Crippen LogP contribution >= 0.6 is 27.3 Å². The Kier molecular flexibility index (Phi) is 4.61. The quantitative estimate of drug-likeness (QED) is 0.869. The second-order valence-electron chi connectivity index (χ2n) is 4.40. The van der Waals surface area contributed by atoms with E-state index in [0.717, 1.165) is 10.0 Å². The number of nitrogens with zero attached hydrogens (tertiary/aromatic N) is 1. The predicted molar refractivity (Wildman–Crippen MR) is 83.1 cm³/mol. The number of hydrogen-bond donors (Lipinski definition) is 1. The van der Waals surface area contributed by atoms with E-state index < -0.39 is 0 Å². The van der Waals surface area contributed by atoms with E-state index in [1.54, 1.807) is 16.2 Å². The Hall–Kier alpha value is -1.33. The SMILES string of the molecule is CN(Cc1cc(Br)cs1)C(=O)Cc1ccc(N)cc1. The molecular formula is C14H15BrN2OS. The third-order valence-corrected chi connectivity index (χ3v) is 4.46. The maximum absolute atomic E-state index is 12.1. The summed E-state index contributed by atoms with van der Waals surface area (Å²) in [6.45, 7) is 0.643. The number of anilines is 1. The van der Waals surface area contributed by atoms with Gasteiger partial charge in [0.05, 0.1) is 13.0 Å². The van der Waals surface area contributed by atoms with Gasteiger partial charge in [-0.2, -0.15) is 0 Å². The zero-order valence-corrected chi connectivity index (χ0v) is 13.0. The number of benzene rings is 1. The summed E-state index contributed by atoms with van der Waals surface area (Å²) in [6, 6.07) is 9.46. The molecule has 1 heterocycles. The van der Waals surface area contributed by atoms with Crippen molar-refractivity contribution in [3.05, 3.63) is 50.6 Å². The Morgan fingerprint density at radius 3 is 2.63 bits per heavy atom. The summed E-state index contributed by atoms with van der Waals surface area (Å²) in [5, 5.41) is 2.02. The summed E-state index contributed by atoms with van der Waals surface area (Å²) in [5.74, 6) is 0.106. The minimum atomic E-state index is 0.106. The van der Waals surface area contributed by atoms with E-state index in [9.17, 15) is 4.79 Å². The Morgan fingerprint density at radius 2 is 2.05 bits per heavy atom. The van der Waals surface area contributed by atoms with Crippen molar-refractivity contribution in [2.75, 3.05) is 12.8 Å². The molecule has 0 saturated heterocycles. The van der Waals surface area contributed by atoms with Crippen LogP contribution in [-0.2, 0) is 17.8 Å². The highest BCUT2D eigenvalue weighted by molar-refractivity contribution is 9.10. The first kappa shape index (κ1) is 14.1. The summed E-state index contributed by atoms with van der Waals surface area (Å²) in [4.78, 5) is 15.0. The molecule has 1 aromatic heterocycles. The molecule has 0 aliphatic rings. The van der Waals surface area contributed by atoms with Gasteiger partial charge in [-0.1, -0.05) is 12.1 Å². The molecule has 0 atom stereocenters. The standard InChI is InChI=1S/C14H15BrN2OS/c1-17(8-13-7-11(15)9-19-13)14(18)6-10-2-4-12(16)5-3-10/h2-5,7,9H,6,8,16H2,1H3.